The van der Waals surface area contributed by atoms with E-state index in [9.17, 15) is 4.79 Å². The summed E-state index contributed by atoms with van der Waals surface area (Å²) in [6, 6.07) is 0. The highest BCUT2D eigenvalue weighted by Crippen LogP contribution is 2.04. The molecule has 0 heterocycles. The number of hydrogen-bond donors (Lipinski definition) is 1. The van der Waals surface area contributed by atoms with Gasteiger partial charge in [-0.3, -0.25) is 4.79 Å². The molecular formula is C10H17NO. The van der Waals surface area contributed by atoms with Crippen LogP contribution in [0.1, 0.15) is 26.7 Å². The molecule has 1 amide bonds. The van der Waals surface area contributed by atoms with Gasteiger partial charge in [-0.05, 0) is 18.8 Å². The molecule has 2 N–H and O–H groups in total. The maximum atomic E-state index is 10.5. The lowest BCUT2D eigenvalue weighted by atomic mass is 10.1. The van der Waals surface area contributed by atoms with E-state index in [0.29, 0.717) is 11.5 Å². The van der Waals surface area contributed by atoms with Crippen molar-refractivity contribution in [2.45, 2.75) is 26.7 Å². The highest BCUT2D eigenvalue weighted by atomic mass is 16.1. The maximum Gasteiger partial charge on any atom is 0.248 e. The van der Waals surface area contributed by atoms with E-state index in [2.05, 4.69) is 20.4 Å². The van der Waals surface area contributed by atoms with Gasteiger partial charge in [-0.25, -0.2) is 0 Å². The molecule has 0 aliphatic carbocycles. The molecule has 12 heavy (non-hydrogen) atoms. The van der Waals surface area contributed by atoms with Gasteiger partial charge in [0.05, 0.1) is 0 Å². The van der Waals surface area contributed by atoms with Gasteiger partial charge >= 0.3 is 0 Å². The fraction of sp³-hybridized carbons (Fsp3) is 0.500. The van der Waals surface area contributed by atoms with Gasteiger partial charge in [0.1, 0.15) is 0 Å². The average molecular weight is 167 g/mol. The quantitative estimate of drug-likeness (QED) is 0.494. The van der Waals surface area contributed by atoms with E-state index in [0.717, 1.165) is 12.8 Å². The number of hydrogen-bond acceptors (Lipinski definition) is 1. The van der Waals surface area contributed by atoms with Gasteiger partial charge < -0.3 is 5.73 Å². The van der Waals surface area contributed by atoms with Crippen molar-refractivity contribution < 1.29 is 4.79 Å². The van der Waals surface area contributed by atoms with Crippen LogP contribution in [-0.4, -0.2) is 5.91 Å². The van der Waals surface area contributed by atoms with Gasteiger partial charge in [-0.2, -0.15) is 0 Å². The predicted octanol–water partition coefficient (Wildman–Crippen LogP) is 2.02. The molecule has 0 aromatic carbocycles. The van der Waals surface area contributed by atoms with Gasteiger partial charge in [0.2, 0.25) is 5.91 Å². The highest BCUT2D eigenvalue weighted by Gasteiger charge is 1.94. The number of nitrogens with two attached hydrogens (primary N) is 1. The van der Waals surface area contributed by atoms with E-state index in [1.807, 2.05) is 6.08 Å². The van der Waals surface area contributed by atoms with Crippen molar-refractivity contribution in [1.82, 2.24) is 0 Å². The Morgan fingerprint density at radius 3 is 2.58 bits per heavy atom. The summed E-state index contributed by atoms with van der Waals surface area (Å²) < 4.78 is 0. The van der Waals surface area contributed by atoms with Crippen LogP contribution in [0.3, 0.4) is 0 Å². The Kier molecular flexibility index (Phi) is 5.09. The first-order valence-electron chi connectivity index (χ1n) is 4.19. The lowest BCUT2D eigenvalue weighted by Gasteiger charge is -1.98. The standard InChI is InChI=1S/C10H17NO/c1-8(2)6-4-5-7-9(3)10(11)12/h5,7-8H,3-4,6H2,1-2H3,(H2,11,12). The molecule has 0 bridgehead atoms. The van der Waals surface area contributed by atoms with E-state index in [1.165, 1.54) is 0 Å². The van der Waals surface area contributed by atoms with Crippen molar-refractivity contribution in [2.75, 3.05) is 0 Å². The number of rotatable bonds is 5. The Bertz CT molecular complexity index is 192. The van der Waals surface area contributed by atoms with Crippen molar-refractivity contribution in [1.29, 1.82) is 0 Å². The first-order valence-corrected chi connectivity index (χ1v) is 4.19. The maximum absolute atomic E-state index is 10.5. The molecule has 0 aromatic heterocycles. The van der Waals surface area contributed by atoms with Gasteiger partial charge in [-0.15, -0.1) is 0 Å². The van der Waals surface area contributed by atoms with Crippen LogP contribution in [0.15, 0.2) is 24.3 Å². The molecule has 0 aliphatic rings. The molecule has 0 atom stereocenters. The first-order chi connectivity index (χ1) is 5.54. The molecule has 0 fully saturated rings. The van der Waals surface area contributed by atoms with Crippen LogP contribution in [0, 0.1) is 5.92 Å². The Hall–Kier alpha value is -1.05. The lowest BCUT2D eigenvalue weighted by molar-refractivity contribution is -0.114. The topological polar surface area (TPSA) is 43.1 Å². The van der Waals surface area contributed by atoms with E-state index >= 15 is 0 Å². The van der Waals surface area contributed by atoms with Crippen LogP contribution in [-0.2, 0) is 4.79 Å². The smallest absolute Gasteiger partial charge is 0.248 e. The monoisotopic (exact) mass is 167 g/mol. The zero-order valence-electron chi connectivity index (χ0n) is 7.84. The SMILES string of the molecule is C=C(C=CCCC(C)C)C(N)=O. The zero-order chi connectivity index (χ0) is 9.56. The minimum Gasteiger partial charge on any atom is -0.366 e. The molecule has 0 aromatic rings. The van der Waals surface area contributed by atoms with Gasteiger partial charge in [-0.1, -0.05) is 32.6 Å². The van der Waals surface area contributed by atoms with E-state index in [4.69, 9.17) is 5.73 Å². The van der Waals surface area contributed by atoms with Crippen LogP contribution in [0.2, 0.25) is 0 Å². The summed E-state index contributed by atoms with van der Waals surface area (Å²) in [6.07, 6.45) is 5.73. The van der Waals surface area contributed by atoms with E-state index in [-0.39, 0.29) is 0 Å². The molecule has 0 saturated heterocycles. The van der Waals surface area contributed by atoms with E-state index < -0.39 is 5.91 Å². The molecule has 0 aliphatic heterocycles. The summed E-state index contributed by atoms with van der Waals surface area (Å²) in [4.78, 5) is 10.5. The molecule has 68 valence electrons. The largest absolute Gasteiger partial charge is 0.366 e. The number of amides is 1. The summed E-state index contributed by atoms with van der Waals surface area (Å²) in [5, 5.41) is 0. The van der Waals surface area contributed by atoms with Gasteiger partial charge in [0.25, 0.3) is 0 Å². The third kappa shape index (κ3) is 5.71. The molecule has 0 saturated carbocycles. The Labute approximate surface area is 74.1 Å². The van der Waals surface area contributed by atoms with Gasteiger partial charge in [0.15, 0.2) is 0 Å². The highest BCUT2D eigenvalue weighted by molar-refractivity contribution is 5.93. The molecule has 2 nitrogen and oxygen atoms in total. The normalized spacial score (nSPS) is 10.9. The summed E-state index contributed by atoms with van der Waals surface area (Å²) in [6.45, 7) is 7.84. The summed E-state index contributed by atoms with van der Waals surface area (Å²) in [5.74, 6) is 0.243. The average Bonchev–Trinajstić information content (AvgIpc) is 1.97. The second-order valence-electron chi connectivity index (χ2n) is 3.26. The van der Waals surface area contributed by atoms with Crippen molar-refractivity contribution in [3.05, 3.63) is 24.3 Å². The number of primary amides is 1. The first kappa shape index (κ1) is 11.0. The third-order valence-electron chi connectivity index (χ3n) is 1.55. The molecule has 0 rings (SSSR count). The third-order valence-corrected chi connectivity index (χ3v) is 1.55. The summed E-state index contributed by atoms with van der Waals surface area (Å²) in [7, 11) is 0. The van der Waals surface area contributed by atoms with Crippen LogP contribution >= 0.6 is 0 Å². The minimum atomic E-state index is -0.448. The fourth-order valence-electron chi connectivity index (χ4n) is 0.737. The molecule has 0 radical (unpaired) electrons. The van der Waals surface area contributed by atoms with Crippen LogP contribution < -0.4 is 5.73 Å². The summed E-state index contributed by atoms with van der Waals surface area (Å²) >= 11 is 0. The van der Waals surface area contributed by atoms with Crippen LogP contribution in [0.5, 0.6) is 0 Å². The Balaban J connectivity index is 3.63. The molecule has 0 unspecified atom stereocenters. The van der Waals surface area contributed by atoms with Gasteiger partial charge in [0, 0.05) is 5.57 Å². The molecule has 2 heteroatoms. The van der Waals surface area contributed by atoms with Crippen molar-refractivity contribution in [3.63, 3.8) is 0 Å². The van der Waals surface area contributed by atoms with E-state index in [1.54, 1.807) is 6.08 Å². The fourth-order valence-corrected chi connectivity index (χ4v) is 0.737. The number of carbonyl (C=O) groups excluding carboxylic acids is 1. The Morgan fingerprint density at radius 1 is 1.58 bits per heavy atom. The zero-order valence-corrected chi connectivity index (χ0v) is 7.84. The molecular weight excluding hydrogens is 150 g/mol. The van der Waals surface area contributed by atoms with Crippen molar-refractivity contribution in [3.8, 4) is 0 Å². The van der Waals surface area contributed by atoms with Crippen molar-refractivity contribution in [2.24, 2.45) is 11.7 Å². The van der Waals surface area contributed by atoms with Crippen molar-refractivity contribution >= 4 is 5.91 Å². The second kappa shape index (κ2) is 5.58. The molecule has 0 spiro atoms. The van der Waals surface area contributed by atoms with Crippen LogP contribution in [0.25, 0.3) is 0 Å². The predicted molar refractivity (Wildman–Crippen MR) is 51.5 cm³/mol. The number of allylic oxidation sites excluding steroid dienone is 1. The lowest BCUT2D eigenvalue weighted by Crippen LogP contribution is -2.11. The minimum absolute atomic E-state index is 0.374. The number of carbonyl (C=O) groups is 1. The summed E-state index contributed by atoms with van der Waals surface area (Å²) in [5.41, 5.74) is 5.36. The Morgan fingerprint density at radius 2 is 2.17 bits per heavy atom. The van der Waals surface area contributed by atoms with Crippen LogP contribution in [0.4, 0.5) is 0 Å². The second-order valence-corrected chi connectivity index (χ2v) is 3.26.